The van der Waals surface area contributed by atoms with Gasteiger partial charge in [0.15, 0.2) is 0 Å². The lowest BCUT2D eigenvalue weighted by Gasteiger charge is -2.35. The Balaban J connectivity index is 1.87. The molecule has 2 atom stereocenters. The van der Waals surface area contributed by atoms with Crippen LogP contribution in [0.4, 0.5) is 14.6 Å². The summed E-state index contributed by atoms with van der Waals surface area (Å²) >= 11 is 6.05. The number of hydrogen-bond acceptors (Lipinski definition) is 5. The van der Waals surface area contributed by atoms with Crippen molar-refractivity contribution in [2.24, 2.45) is 0 Å². The van der Waals surface area contributed by atoms with E-state index < -0.39 is 23.3 Å². The van der Waals surface area contributed by atoms with Crippen molar-refractivity contribution in [1.82, 2.24) is 24.5 Å². The summed E-state index contributed by atoms with van der Waals surface area (Å²) in [5.41, 5.74) is 4.85. The highest BCUT2D eigenvalue weighted by atomic mass is 35.5. The zero-order valence-corrected chi connectivity index (χ0v) is 16.1. The van der Waals surface area contributed by atoms with Crippen molar-refractivity contribution in [3.05, 3.63) is 71.3 Å². The van der Waals surface area contributed by atoms with Gasteiger partial charge in [-0.25, -0.2) is 23.1 Å². The summed E-state index contributed by atoms with van der Waals surface area (Å²) in [6, 6.07) is 7.19. The van der Waals surface area contributed by atoms with Crippen molar-refractivity contribution < 1.29 is 13.9 Å². The minimum absolute atomic E-state index is 0.112. The summed E-state index contributed by atoms with van der Waals surface area (Å²) in [5, 5.41) is 21.2. The molecule has 150 valence electrons. The molecule has 0 saturated carbocycles. The molecule has 0 aliphatic heterocycles. The van der Waals surface area contributed by atoms with E-state index in [9.17, 15) is 13.9 Å². The van der Waals surface area contributed by atoms with Gasteiger partial charge < -0.3 is 10.8 Å². The highest BCUT2D eigenvalue weighted by molar-refractivity contribution is 6.31. The molecule has 0 radical (unpaired) electrons. The smallest absolute Gasteiger partial charge is 0.137 e. The van der Waals surface area contributed by atoms with Crippen LogP contribution in [0, 0.1) is 11.6 Å². The number of aromatic nitrogens is 5. The number of nitrogens with zero attached hydrogens (tertiary/aromatic N) is 5. The normalized spacial score (nSPS) is 14.8. The van der Waals surface area contributed by atoms with Gasteiger partial charge in [-0.2, -0.15) is 10.2 Å². The fourth-order valence-electron chi connectivity index (χ4n) is 3.44. The van der Waals surface area contributed by atoms with E-state index in [1.54, 1.807) is 25.1 Å². The number of nitrogen functional groups attached to an aromatic ring is 1. The van der Waals surface area contributed by atoms with E-state index in [1.165, 1.54) is 28.1 Å². The number of fused-ring (bicyclic) bond motifs is 1. The topological polar surface area (TPSA) is 94.8 Å². The Hall–Kier alpha value is -3.04. The quantitative estimate of drug-likeness (QED) is 0.518. The Morgan fingerprint density at radius 2 is 2.03 bits per heavy atom. The van der Waals surface area contributed by atoms with Gasteiger partial charge in [0.2, 0.25) is 0 Å². The van der Waals surface area contributed by atoms with Crippen LogP contribution in [-0.2, 0) is 12.1 Å². The minimum Gasteiger partial charge on any atom is -0.383 e. The van der Waals surface area contributed by atoms with E-state index >= 15 is 0 Å². The molecule has 2 aromatic carbocycles. The molecule has 0 spiro atoms. The Kier molecular flexibility index (Phi) is 4.71. The molecule has 0 aliphatic rings. The molecule has 10 heteroatoms. The van der Waals surface area contributed by atoms with Gasteiger partial charge in [0, 0.05) is 22.0 Å². The van der Waals surface area contributed by atoms with Crippen LogP contribution in [0.1, 0.15) is 18.5 Å². The van der Waals surface area contributed by atoms with Gasteiger partial charge in [-0.15, -0.1) is 0 Å². The molecule has 29 heavy (non-hydrogen) atoms. The molecule has 0 aliphatic carbocycles. The van der Waals surface area contributed by atoms with Crippen LogP contribution >= 0.6 is 11.6 Å². The molecular formula is C19H17ClF2N6O. The molecule has 0 saturated heterocycles. The van der Waals surface area contributed by atoms with Crippen molar-refractivity contribution in [3.8, 4) is 0 Å². The van der Waals surface area contributed by atoms with E-state index in [-0.39, 0.29) is 17.9 Å². The summed E-state index contributed by atoms with van der Waals surface area (Å²) in [6.45, 7) is 1.48. The van der Waals surface area contributed by atoms with E-state index in [2.05, 4.69) is 15.2 Å². The predicted molar refractivity (Wildman–Crippen MR) is 104 cm³/mol. The molecule has 0 amide bonds. The molecule has 7 nitrogen and oxygen atoms in total. The van der Waals surface area contributed by atoms with Crippen molar-refractivity contribution >= 4 is 28.3 Å². The second kappa shape index (κ2) is 7.09. The molecule has 3 N–H and O–H groups in total. The summed E-state index contributed by atoms with van der Waals surface area (Å²) < 4.78 is 30.9. The van der Waals surface area contributed by atoms with Gasteiger partial charge in [0.05, 0.1) is 18.1 Å². The monoisotopic (exact) mass is 418 g/mol. The minimum atomic E-state index is -1.87. The molecule has 2 aromatic heterocycles. The largest absolute Gasteiger partial charge is 0.383 e. The molecule has 4 aromatic rings. The highest BCUT2D eigenvalue weighted by Gasteiger charge is 2.41. The van der Waals surface area contributed by atoms with Gasteiger partial charge in [0.1, 0.15) is 35.7 Å². The zero-order valence-electron chi connectivity index (χ0n) is 15.3. The lowest BCUT2D eigenvalue weighted by molar-refractivity contribution is -0.0359. The summed E-state index contributed by atoms with van der Waals surface area (Å²) in [5.74, 6) is -1.38. The molecular weight excluding hydrogens is 402 g/mol. The number of halogens is 3. The van der Waals surface area contributed by atoms with Crippen LogP contribution in [0.2, 0.25) is 5.02 Å². The standard InChI is InChI=1S/C19H17ClF2N6O/c1-11(28-18(23)14-6-12(20)2-5-17(14)26-28)19(29,8-27-10-24-9-25-27)15-4-3-13(21)7-16(15)22/h2-7,9-11,29H,8,23H2,1H3/t11-,19-/m1/s1. The average Bonchev–Trinajstić information content (AvgIpc) is 3.29. The Labute approximate surface area is 169 Å². The number of benzene rings is 2. The molecule has 0 unspecified atom stereocenters. The maximum absolute atomic E-state index is 14.7. The number of anilines is 1. The van der Waals surface area contributed by atoms with Crippen molar-refractivity contribution in [2.45, 2.75) is 25.1 Å². The summed E-state index contributed by atoms with van der Waals surface area (Å²) in [7, 11) is 0. The molecule has 0 fully saturated rings. The number of nitrogens with two attached hydrogens (primary N) is 1. The van der Waals surface area contributed by atoms with Crippen molar-refractivity contribution in [1.29, 1.82) is 0 Å². The third kappa shape index (κ3) is 3.32. The van der Waals surface area contributed by atoms with Crippen LogP contribution in [0.5, 0.6) is 0 Å². The van der Waals surface area contributed by atoms with E-state index in [1.807, 2.05) is 0 Å². The third-order valence-corrected chi connectivity index (χ3v) is 5.26. The average molecular weight is 419 g/mol. The lowest BCUT2D eigenvalue weighted by Crippen LogP contribution is -2.41. The fraction of sp³-hybridized carbons (Fsp3) is 0.211. The molecule has 2 heterocycles. The summed E-state index contributed by atoms with van der Waals surface area (Å²) in [6.07, 6.45) is 2.69. The Morgan fingerprint density at radius 3 is 2.72 bits per heavy atom. The van der Waals surface area contributed by atoms with Crippen LogP contribution in [0.3, 0.4) is 0 Å². The SMILES string of the molecule is C[C@@H](n1nc2ccc(Cl)cc2c1N)[C@](O)(Cn1cncn1)c1ccc(F)cc1F. The summed E-state index contributed by atoms with van der Waals surface area (Å²) in [4.78, 5) is 3.86. The molecule has 4 rings (SSSR count). The van der Waals surface area contributed by atoms with Gasteiger partial charge in [0.25, 0.3) is 0 Å². The van der Waals surface area contributed by atoms with E-state index in [0.717, 1.165) is 12.1 Å². The van der Waals surface area contributed by atoms with Crippen LogP contribution in [0.15, 0.2) is 49.1 Å². The number of rotatable bonds is 5. The van der Waals surface area contributed by atoms with Crippen LogP contribution < -0.4 is 5.73 Å². The van der Waals surface area contributed by atoms with Crippen LogP contribution in [-0.4, -0.2) is 29.7 Å². The first-order valence-corrected chi connectivity index (χ1v) is 9.11. The number of hydrogen-bond donors (Lipinski definition) is 2. The zero-order chi connectivity index (χ0) is 20.8. The fourth-order valence-corrected chi connectivity index (χ4v) is 3.61. The second-order valence-corrected chi connectivity index (χ2v) is 7.25. The second-order valence-electron chi connectivity index (χ2n) is 6.81. The van der Waals surface area contributed by atoms with Crippen LogP contribution in [0.25, 0.3) is 10.9 Å². The lowest BCUT2D eigenvalue weighted by atomic mass is 9.86. The van der Waals surface area contributed by atoms with E-state index in [0.29, 0.717) is 15.9 Å². The number of aliphatic hydroxyl groups is 1. The first-order valence-electron chi connectivity index (χ1n) is 8.73. The Bertz CT molecular complexity index is 1180. The first kappa shape index (κ1) is 19.3. The predicted octanol–water partition coefficient (Wildman–Crippen LogP) is 3.29. The van der Waals surface area contributed by atoms with Gasteiger partial charge in [-0.1, -0.05) is 17.7 Å². The van der Waals surface area contributed by atoms with Gasteiger partial charge in [-0.3, -0.25) is 0 Å². The highest BCUT2D eigenvalue weighted by Crippen LogP contribution is 2.39. The Morgan fingerprint density at radius 1 is 1.24 bits per heavy atom. The maximum atomic E-state index is 14.7. The van der Waals surface area contributed by atoms with Crippen molar-refractivity contribution in [3.63, 3.8) is 0 Å². The van der Waals surface area contributed by atoms with E-state index in [4.69, 9.17) is 17.3 Å². The third-order valence-electron chi connectivity index (χ3n) is 5.02. The van der Waals surface area contributed by atoms with Gasteiger partial charge in [-0.05, 0) is 31.2 Å². The van der Waals surface area contributed by atoms with Gasteiger partial charge >= 0.3 is 0 Å². The molecule has 0 bridgehead atoms. The van der Waals surface area contributed by atoms with Crippen molar-refractivity contribution in [2.75, 3.05) is 5.73 Å². The first-order chi connectivity index (χ1) is 13.8. The maximum Gasteiger partial charge on any atom is 0.137 e.